The number of aromatic amines is 1. The predicted molar refractivity (Wildman–Crippen MR) is 60.5 cm³/mol. The van der Waals surface area contributed by atoms with Gasteiger partial charge in [0, 0.05) is 24.9 Å². The number of rotatable bonds is 6. The van der Waals surface area contributed by atoms with E-state index in [1.165, 1.54) is 6.33 Å². The van der Waals surface area contributed by atoms with Crippen molar-refractivity contribution >= 4 is 5.91 Å². The van der Waals surface area contributed by atoms with Crippen LogP contribution in [0.5, 0.6) is 0 Å². The van der Waals surface area contributed by atoms with Gasteiger partial charge in [-0.25, -0.2) is 4.98 Å². The summed E-state index contributed by atoms with van der Waals surface area (Å²) in [5.41, 5.74) is 5.63. The quantitative estimate of drug-likeness (QED) is 0.586. The van der Waals surface area contributed by atoms with E-state index < -0.39 is 0 Å². The van der Waals surface area contributed by atoms with E-state index in [0.29, 0.717) is 6.54 Å². The Hall–Kier alpha value is -1.43. The maximum Gasteiger partial charge on any atom is 0.224 e. The van der Waals surface area contributed by atoms with E-state index in [2.05, 4.69) is 20.5 Å². The van der Waals surface area contributed by atoms with Crippen LogP contribution < -0.4 is 11.1 Å². The number of nitrogens with one attached hydrogen (secondary N) is 2. The molecule has 1 aromatic heterocycles. The van der Waals surface area contributed by atoms with Gasteiger partial charge in [-0.1, -0.05) is 6.92 Å². The van der Waals surface area contributed by atoms with Crippen molar-refractivity contribution in [2.24, 2.45) is 11.7 Å². The minimum Gasteiger partial charge on any atom is -0.356 e. The van der Waals surface area contributed by atoms with E-state index >= 15 is 0 Å². The number of aryl methyl sites for hydroxylation is 1. The highest BCUT2D eigenvalue weighted by Crippen LogP contribution is 1.99. The van der Waals surface area contributed by atoms with Crippen molar-refractivity contribution in [1.29, 1.82) is 0 Å². The summed E-state index contributed by atoms with van der Waals surface area (Å²) in [5.74, 6) is 0.701. The molecule has 16 heavy (non-hydrogen) atoms. The first-order valence-corrected chi connectivity index (χ1v) is 5.48. The van der Waals surface area contributed by atoms with Gasteiger partial charge in [0.1, 0.15) is 12.2 Å². The Labute approximate surface area is 95.0 Å². The molecule has 0 fully saturated rings. The molecule has 0 spiro atoms. The van der Waals surface area contributed by atoms with Crippen molar-refractivity contribution in [2.75, 3.05) is 6.54 Å². The molecule has 0 radical (unpaired) electrons. The number of amides is 1. The molecule has 90 valence electrons. The van der Waals surface area contributed by atoms with Crippen molar-refractivity contribution in [3.05, 3.63) is 12.2 Å². The maximum absolute atomic E-state index is 11.5. The average Bonchev–Trinajstić information content (AvgIpc) is 2.75. The first-order valence-electron chi connectivity index (χ1n) is 5.48. The highest BCUT2D eigenvalue weighted by molar-refractivity contribution is 5.78. The SMILES string of the molecule is CC(N)C(C)C(=O)NCCCc1ncn[nH]1. The fourth-order valence-corrected chi connectivity index (χ4v) is 1.22. The number of H-pyrrole nitrogens is 1. The van der Waals surface area contributed by atoms with Gasteiger partial charge >= 0.3 is 0 Å². The highest BCUT2D eigenvalue weighted by atomic mass is 16.1. The Morgan fingerprint density at radius 2 is 2.38 bits per heavy atom. The summed E-state index contributed by atoms with van der Waals surface area (Å²) in [7, 11) is 0. The van der Waals surface area contributed by atoms with Crippen molar-refractivity contribution < 1.29 is 4.79 Å². The lowest BCUT2D eigenvalue weighted by molar-refractivity contribution is -0.124. The molecule has 2 unspecified atom stereocenters. The Morgan fingerprint density at radius 3 is 2.94 bits per heavy atom. The lowest BCUT2D eigenvalue weighted by Crippen LogP contribution is -2.39. The van der Waals surface area contributed by atoms with E-state index in [0.717, 1.165) is 18.7 Å². The fourth-order valence-electron chi connectivity index (χ4n) is 1.22. The molecule has 0 aliphatic carbocycles. The van der Waals surface area contributed by atoms with Crippen molar-refractivity contribution in [2.45, 2.75) is 32.7 Å². The first-order chi connectivity index (χ1) is 7.61. The van der Waals surface area contributed by atoms with Gasteiger partial charge in [0.15, 0.2) is 0 Å². The van der Waals surface area contributed by atoms with Crippen LogP contribution in [0.15, 0.2) is 6.33 Å². The monoisotopic (exact) mass is 225 g/mol. The van der Waals surface area contributed by atoms with E-state index in [1.807, 2.05) is 13.8 Å². The molecule has 2 atom stereocenters. The molecule has 0 aliphatic heterocycles. The lowest BCUT2D eigenvalue weighted by Gasteiger charge is -2.14. The molecule has 1 heterocycles. The van der Waals surface area contributed by atoms with Crippen LogP contribution in [0, 0.1) is 5.92 Å². The molecule has 0 saturated carbocycles. The second-order valence-electron chi connectivity index (χ2n) is 3.97. The summed E-state index contributed by atoms with van der Waals surface area (Å²) in [5, 5.41) is 9.37. The predicted octanol–water partition coefficient (Wildman–Crippen LogP) is -0.163. The van der Waals surface area contributed by atoms with Crippen LogP contribution >= 0.6 is 0 Å². The molecule has 0 aromatic carbocycles. The van der Waals surface area contributed by atoms with Crippen LogP contribution in [0.25, 0.3) is 0 Å². The van der Waals surface area contributed by atoms with E-state index in [9.17, 15) is 4.79 Å². The normalized spacial score (nSPS) is 14.4. The number of hydrogen-bond donors (Lipinski definition) is 3. The fraction of sp³-hybridized carbons (Fsp3) is 0.700. The smallest absolute Gasteiger partial charge is 0.224 e. The standard InChI is InChI=1S/C10H19N5O/c1-7(8(2)11)10(16)12-5-3-4-9-13-6-14-15-9/h6-8H,3-5,11H2,1-2H3,(H,12,16)(H,13,14,15). The summed E-state index contributed by atoms with van der Waals surface area (Å²) in [6.07, 6.45) is 3.10. The van der Waals surface area contributed by atoms with Gasteiger partial charge in [0.25, 0.3) is 0 Å². The third-order valence-corrected chi connectivity index (χ3v) is 2.56. The number of carbonyl (C=O) groups excluding carboxylic acids is 1. The van der Waals surface area contributed by atoms with E-state index in [4.69, 9.17) is 5.73 Å². The zero-order valence-corrected chi connectivity index (χ0v) is 9.73. The zero-order valence-electron chi connectivity index (χ0n) is 9.73. The maximum atomic E-state index is 11.5. The molecule has 6 nitrogen and oxygen atoms in total. The van der Waals surface area contributed by atoms with Gasteiger partial charge in [0.05, 0.1) is 0 Å². The Morgan fingerprint density at radius 1 is 1.62 bits per heavy atom. The van der Waals surface area contributed by atoms with Crippen molar-refractivity contribution in [3.8, 4) is 0 Å². The van der Waals surface area contributed by atoms with Gasteiger partial charge in [-0.05, 0) is 13.3 Å². The minimum absolute atomic E-state index is 0.00701. The van der Waals surface area contributed by atoms with Crippen LogP contribution in [0.3, 0.4) is 0 Å². The van der Waals surface area contributed by atoms with E-state index in [1.54, 1.807) is 0 Å². The van der Waals surface area contributed by atoms with Gasteiger partial charge in [-0.3, -0.25) is 9.89 Å². The summed E-state index contributed by atoms with van der Waals surface area (Å²) >= 11 is 0. The lowest BCUT2D eigenvalue weighted by atomic mass is 10.0. The van der Waals surface area contributed by atoms with E-state index in [-0.39, 0.29) is 17.9 Å². The van der Waals surface area contributed by atoms with Gasteiger partial charge in [-0.2, -0.15) is 5.10 Å². The van der Waals surface area contributed by atoms with Gasteiger partial charge < -0.3 is 11.1 Å². The Bertz CT molecular complexity index is 309. The number of aromatic nitrogens is 3. The molecule has 1 rings (SSSR count). The summed E-state index contributed by atoms with van der Waals surface area (Å²) in [6.45, 7) is 4.30. The summed E-state index contributed by atoms with van der Waals surface area (Å²) in [4.78, 5) is 15.5. The Balaban J connectivity index is 2.13. The highest BCUT2D eigenvalue weighted by Gasteiger charge is 2.15. The largest absolute Gasteiger partial charge is 0.356 e. The molecule has 1 amide bonds. The van der Waals surface area contributed by atoms with Gasteiger partial charge in [0.2, 0.25) is 5.91 Å². The average molecular weight is 225 g/mol. The second kappa shape index (κ2) is 6.22. The number of hydrogen-bond acceptors (Lipinski definition) is 4. The third-order valence-electron chi connectivity index (χ3n) is 2.56. The molecule has 4 N–H and O–H groups in total. The van der Waals surface area contributed by atoms with Crippen LogP contribution in [0.1, 0.15) is 26.1 Å². The number of nitrogens with two attached hydrogens (primary N) is 1. The molecule has 0 bridgehead atoms. The number of nitrogens with zero attached hydrogens (tertiary/aromatic N) is 2. The molecule has 6 heteroatoms. The summed E-state index contributed by atoms with van der Waals surface area (Å²) < 4.78 is 0. The van der Waals surface area contributed by atoms with Crippen LogP contribution in [0.2, 0.25) is 0 Å². The molecular formula is C10H19N5O. The summed E-state index contributed by atoms with van der Waals surface area (Å²) in [6, 6.07) is -0.116. The molecule has 1 aromatic rings. The minimum atomic E-state index is -0.148. The second-order valence-corrected chi connectivity index (χ2v) is 3.97. The number of carbonyl (C=O) groups is 1. The topological polar surface area (TPSA) is 96.7 Å². The molecule has 0 aliphatic rings. The van der Waals surface area contributed by atoms with Crippen LogP contribution in [0.4, 0.5) is 0 Å². The van der Waals surface area contributed by atoms with Gasteiger partial charge in [-0.15, -0.1) is 0 Å². The van der Waals surface area contributed by atoms with Crippen molar-refractivity contribution in [1.82, 2.24) is 20.5 Å². The molecule has 0 saturated heterocycles. The molecular weight excluding hydrogens is 206 g/mol. The van der Waals surface area contributed by atoms with Crippen LogP contribution in [-0.4, -0.2) is 33.7 Å². The first kappa shape index (κ1) is 12.6. The third kappa shape index (κ3) is 3.98. The Kier molecular flexibility index (Phi) is 4.91. The van der Waals surface area contributed by atoms with Crippen LogP contribution in [-0.2, 0) is 11.2 Å². The zero-order chi connectivity index (χ0) is 12.0. The van der Waals surface area contributed by atoms with Crippen molar-refractivity contribution in [3.63, 3.8) is 0 Å².